The molecule has 21 heavy (non-hydrogen) atoms. The molecule has 0 N–H and O–H groups in total. The molecule has 0 aromatic heterocycles. The van der Waals surface area contributed by atoms with Crippen molar-refractivity contribution in [2.75, 3.05) is 39.3 Å². The van der Waals surface area contributed by atoms with Gasteiger partial charge in [-0.05, 0) is 63.2 Å². The Hall–Kier alpha value is -0.580. The molecule has 2 heterocycles. The molecule has 0 radical (unpaired) electrons. The van der Waals surface area contributed by atoms with Gasteiger partial charge in [-0.1, -0.05) is 22.4 Å². The van der Waals surface area contributed by atoms with E-state index in [0.29, 0.717) is 0 Å². The van der Waals surface area contributed by atoms with Crippen molar-refractivity contribution in [3.8, 4) is 5.75 Å². The van der Waals surface area contributed by atoms with Gasteiger partial charge in [0.2, 0.25) is 0 Å². The summed E-state index contributed by atoms with van der Waals surface area (Å²) in [6, 6.07) is 8.88. The Kier molecular flexibility index (Phi) is 5.55. The van der Waals surface area contributed by atoms with Crippen LogP contribution in [0, 0.1) is 0 Å². The van der Waals surface area contributed by atoms with Crippen LogP contribution in [0.5, 0.6) is 5.75 Å². The summed E-state index contributed by atoms with van der Waals surface area (Å²) in [5, 5.41) is 0. The number of ether oxygens (including phenoxy) is 1. The number of rotatable bonds is 5. The molecular formula is C17H25BrN2O. The zero-order chi connectivity index (χ0) is 14.5. The molecule has 3 nitrogen and oxygen atoms in total. The molecule has 4 heteroatoms. The van der Waals surface area contributed by atoms with Crippen LogP contribution in [-0.2, 0) is 0 Å². The van der Waals surface area contributed by atoms with E-state index in [2.05, 4.69) is 25.7 Å². The molecule has 0 amide bonds. The smallest absolute Gasteiger partial charge is 0.119 e. The maximum Gasteiger partial charge on any atom is 0.119 e. The average molecular weight is 353 g/mol. The minimum atomic E-state index is 0.786. The van der Waals surface area contributed by atoms with Crippen LogP contribution >= 0.6 is 15.9 Å². The van der Waals surface area contributed by atoms with Crippen molar-refractivity contribution in [3.63, 3.8) is 0 Å². The van der Waals surface area contributed by atoms with Crippen LogP contribution in [0.1, 0.15) is 25.7 Å². The Balaban J connectivity index is 1.37. The van der Waals surface area contributed by atoms with Gasteiger partial charge in [-0.25, -0.2) is 0 Å². The molecule has 2 aliphatic rings. The Labute approximate surface area is 136 Å². The maximum absolute atomic E-state index is 5.83. The summed E-state index contributed by atoms with van der Waals surface area (Å²) >= 11 is 3.44. The lowest BCUT2D eigenvalue weighted by molar-refractivity contribution is 0.157. The molecule has 1 unspecified atom stereocenters. The lowest BCUT2D eigenvalue weighted by atomic mass is 10.1. The molecule has 1 aromatic rings. The molecule has 3 rings (SSSR count). The monoisotopic (exact) mass is 352 g/mol. The van der Waals surface area contributed by atoms with E-state index in [4.69, 9.17) is 4.74 Å². The van der Waals surface area contributed by atoms with Crippen LogP contribution in [0.3, 0.4) is 0 Å². The van der Waals surface area contributed by atoms with E-state index < -0.39 is 0 Å². The second-order valence-electron chi connectivity index (χ2n) is 6.14. The van der Waals surface area contributed by atoms with E-state index in [1.165, 1.54) is 51.9 Å². The van der Waals surface area contributed by atoms with Crippen molar-refractivity contribution < 1.29 is 4.74 Å². The van der Waals surface area contributed by atoms with Crippen LogP contribution in [-0.4, -0.2) is 55.2 Å². The highest BCUT2D eigenvalue weighted by molar-refractivity contribution is 9.10. The van der Waals surface area contributed by atoms with Gasteiger partial charge in [-0.2, -0.15) is 0 Å². The second-order valence-corrected chi connectivity index (χ2v) is 7.06. The number of halogens is 1. The molecule has 1 atom stereocenters. The van der Waals surface area contributed by atoms with Crippen molar-refractivity contribution in [2.45, 2.75) is 31.7 Å². The number of piperidine rings is 1. The molecule has 0 aliphatic carbocycles. The van der Waals surface area contributed by atoms with Crippen LogP contribution in [0.25, 0.3) is 0 Å². The van der Waals surface area contributed by atoms with Crippen LogP contribution in [0.2, 0.25) is 0 Å². The van der Waals surface area contributed by atoms with E-state index in [1.54, 1.807) is 0 Å². The molecule has 0 saturated carbocycles. The van der Waals surface area contributed by atoms with Crippen molar-refractivity contribution in [3.05, 3.63) is 28.7 Å². The summed E-state index contributed by atoms with van der Waals surface area (Å²) in [6.07, 6.45) is 5.54. The van der Waals surface area contributed by atoms with Gasteiger partial charge in [-0.15, -0.1) is 0 Å². The molecule has 0 bridgehead atoms. The number of benzene rings is 1. The van der Waals surface area contributed by atoms with Crippen molar-refractivity contribution in [2.24, 2.45) is 0 Å². The van der Waals surface area contributed by atoms with E-state index in [9.17, 15) is 0 Å². The van der Waals surface area contributed by atoms with Crippen LogP contribution < -0.4 is 4.74 Å². The predicted molar refractivity (Wildman–Crippen MR) is 89.9 cm³/mol. The summed E-state index contributed by atoms with van der Waals surface area (Å²) in [6.45, 7) is 6.91. The van der Waals surface area contributed by atoms with Gasteiger partial charge < -0.3 is 4.74 Å². The largest absolute Gasteiger partial charge is 0.492 e. The first-order valence-electron chi connectivity index (χ1n) is 8.16. The van der Waals surface area contributed by atoms with Crippen LogP contribution in [0.4, 0.5) is 0 Å². The minimum absolute atomic E-state index is 0.786. The highest BCUT2D eigenvalue weighted by atomic mass is 79.9. The molecule has 1 aromatic carbocycles. The summed E-state index contributed by atoms with van der Waals surface area (Å²) in [4.78, 5) is 5.26. The van der Waals surface area contributed by atoms with E-state index >= 15 is 0 Å². The van der Waals surface area contributed by atoms with Gasteiger partial charge in [0.05, 0.1) is 0 Å². The van der Waals surface area contributed by atoms with Crippen LogP contribution in [0.15, 0.2) is 28.7 Å². The summed E-state index contributed by atoms with van der Waals surface area (Å²) < 4.78 is 6.92. The Morgan fingerprint density at radius 2 is 1.81 bits per heavy atom. The van der Waals surface area contributed by atoms with Gasteiger partial charge in [0, 0.05) is 23.6 Å². The molecule has 2 saturated heterocycles. The zero-order valence-electron chi connectivity index (χ0n) is 12.6. The maximum atomic E-state index is 5.83. The summed E-state index contributed by atoms with van der Waals surface area (Å²) in [5.74, 6) is 0.963. The van der Waals surface area contributed by atoms with E-state index in [-0.39, 0.29) is 0 Å². The summed E-state index contributed by atoms with van der Waals surface area (Å²) in [5.41, 5.74) is 0. The Morgan fingerprint density at radius 1 is 1.05 bits per heavy atom. The summed E-state index contributed by atoms with van der Waals surface area (Å²) in [7, 11) is 0. The lowest BCUT2D eigenvalue weighted by Crippen LogP contribution is -2.41. The third-order valence-electron chi connectivity index (χ3n) is 4.64. The highest BCUT2D eigenvalue weighted by Crippen LogP contribution is 2.20. The van der Waals surface area contributed by atoms with Crippen molar-refractivity contribution in [1.82, 2.24) is 9.80 Å². The molecule has 2 aliphatic heterocycles. The quantitative estimate of drug-likeness (QED) is 0.807. The molecule has 2 fully saturated rings. The zero-order valence-corrected chi connectivity index (χ0v) is 14.2. The normalized spacial score (nSPS) is 24.3. The number of nitrogens with zero attached hydrogens (tertiary/aromatic N) is 2. The molecule has 116 valence electrons. The van der Waals surface area contributed by atoms with Gasteiger partial charge >= 0.3 is 0 Å². The van der Waals surface area contributed by atoms with Crippen molar-refractivity contribution in [1.29, 1.82) is 0 Å². The number of likely N-dealkylation sites (tertiary alicyclic amines) is 2. The number of hydrogen-bond donors (Lipinski definition) is 0. The fourth-order valence-corrected chi connectivity index (χ4v) is 3.68. The Bertz CT molecular complexity index is 431. The topological polar surface area (TPSA) is 15.7 Å². The predicted octanol–water partition coefficient (Wildman–Crippen LogP) is 3.39. The Morgan fingerprint density at radius 3 is 2.57 bits per heavy atom. The van der Waals surface area contributed by atoms with E-state index in [0.717, 1.165) is 29.4 Å². The number of hydrogen-bond acceptors (Lipinski definition) is 3. The van der Waals surface area contributed by atoms with Gasteiger partial charge in [0.1, 0.15) is 12.4 Å². The average Bonchev–Trinajstić information content (AvgIpc) is 2.99. The first-order valence-corrected chi connectivity index (χ1v) is 8.95. The fraction of sp³-hybridized carbons (Fsp3) is 0.647. The van der Waals surface area contributed by atoms with Crippen molar-refractivity contribution >= 4 is 15.9 Å². The van der Waals surface area contributed by atoms with E-state index in [1.807, 2.05) is 24.3 Å². The van der Waals surface area contributed by atoms with Gasteiger partial charge in [0.25, 0.3) is 0 Å². The fourth-order valence-electron chi connectivity index (χ4n) is 3.42. The third-order valence-corrected chi connectivity index (χ3v) is 5.17. The second kappa shape index (κ2) is 7.61. The highest BCUT2D eigenvalue weighted by Gasteiger charge is 2.28. The first-order chi connectivity index (χ1) is 10.3. The first kappa shape index (κ1) is 15.3. The molecule has 0 spiro atoms. The standard InChI is InChI=1S/C17H25BrN2O/c18-15-4-6-17(7-5-15)21-13-12-19-11-8-16(14-19)20-9-2-1-3-10-20/h4-7,16H,1-3,8-14H2. The van der Waals surface area contributed by atoms with Gasteiger partial charge in [-0.3, -0.25) is 9.80 Å². The lowest BCUT2D eigenvalue weighted by Gasteiger charge is -2.32. The molecular weight excluding hydrogens is 328 g/mol. The van der Waals surface area contributed by atoms with Gasteiger partial charge in [0.15, 0.2) is 0 Å². The SMILES string of the molecule is Brc1ccc(OCCN2CCC(N3CCCCC3)C2)cc1. The third kappa shape index (κ3) is 4.44. The minimum Gasteiger partial charge on any atom is -0.492 e.